The molecule has 0 radical (unpaired) electrons. The Morgan fingerprint density at radius 1 is 0.721 bits per heavy atom. The molecule has 5 heteroatoms. The largest absolute Gasteiger partial charge is 0.507 e. The number of nitrogens with zero attached hydrogens (tertiary/aromatic N) is 3. The standard InChI is InChI=1S/C38H32N3O.Pt/c1-27(2)23-28-24-34(40-35(25-28)33-18-7-9-20-37(33)42)30-15-12-16-31(26-30)41(38-21-10-11-22-39-38)36-19-8-6-17-32(36)29-13-4-3-5-14-29;/h3-22,24-25,27,42H,23H2,1-2H3;/q-1;. The summed E-state index contributed by atoms with van der Waals surface area (Å²) < 4.78 is 0. The van der Waals surface area contributed by atoms with Crippen LogP contribution < -0.4 is 4.90 Å². The molecule has 2 aromatic heterocycles. The molecule has 0 unspecified atom stereocenters. The van der Waals surface area contributed by atoms with Crippen molar-refractivity contribution in [3.05, 3.63) is 145 Å². The van der Waals surface area contributed by atoms with Gasteiger partial charge in [-0.25, -0.2) is 4.98 Å². The summed E-state index contributed by atoms with van der Waals surface area (Å²) in [5.41, 5.74) is 8.40. The van der Waals surface area contributed by atoms with E-state index in [1.54, 1.807) is 6.07 Å². The monoisotopic (exact) mass is 741 g/mol. The fourth-order valence-electron chi connectivity index (χ4n) is 5.27. The Morgan fingerprint density at radius 2 is 1.42 bits per heavy atom. The first-order valence-corrected chi connectivity index (χ1v) is 14.2. The van der Waals surface area contributed by atoms with Gasteiger partial charge in [0, 0.05) is 38.4 Å². The molecular formula is C38H32N3OPt-. The third-order valence-electron chi connectivity index (χ3n) is 7.11. The second-order valence-electron chi connectivity index (χ2n) is 10.7. The Bertz CT molecular complexity index is 1810. The first-order chi connectivity index (χ1) is 20.6. The van der Waals surface area contributed by atoms with Crippen molar-refractivity contribution in [3.63, 3.8) is 0 Å². The number of phenolic OH excluding ortho intramolecular Hbond substituents is 1. The van der Waals surface area contributed by atoms with Crippen LogP contribution in [0, 0.1) is 12.0 Å². The molecule has 4 nitrogen and oxygen atoms in total. The van der Waals surface area contributed by atoms with Gasteiger partial charge in [-0.05, 0) is 65.7 Å². The average molecular weight is 742 g/mol. The zero-order valence-corrected chi connectivity index (χ0v) is 26.4. The van der Waals surface area contributed by atoms with Gasteiger partial charge in [-0.15, -0.1) is 29.8 Å². The molecule has 0 fully saturated rings. The molecule has 0 spiro atoms. The van der Waals surface area contributed by atoms with Gasteiger partial charge in [0.15, 0.2) is 0 Å². The maximum Gasteiger partial charge on any atom is 0.136 e. The predicted molar refractivity (Wildman–Crippen MR) is 172 cm³/mol. The van der Waals surface area contributed by atoms with Gasteiger partial charge in [0.05, 0.1) is 11.4 Å². The third-order valence-corrected chi connectivity index (χ3v) is 7.11. The van der Waals surface area contributed by atoms with E-state index in [4.69, 9.17) is 9.97 Å². The van der Waals surface area contributed by atoms with Crippen LogP contribution in [0.2, 0.25) is 0 Å². The number of hydrogen-bond acceptors (Lipinski definition) is 4. The van der Waals surface area contributed by atoms with E-state index in [0.717, 1.165) is 51.7 Å². The number of para-hydroxylation sites is 2. The summed E-state index contributed by atoms with van der Waals surface area (Å²) in [5.74, 6) is 1.49. The molecule has 6 aromatic rings. The molecule has 2 heterocycles. The molecule has 0 aliphatic carbocycles. The van der Waals surface area contributed by atoms with Gasteiger partial charge >= 0.3 is 0 Å². The summed E-state index contributed by atoms with van der Waals surface area (Å²) in [6, 6.07) is 46.1. The van der Waals surface area contributed by atoms with Crippen LogP contribution in [0.5, 0.6) is 5.75 Å². The van der Waals surface area contributed by atoms with Crippen molar-refractivity contribution in [2.45, 2.75) is 20.3 Å². The zero-order chi connectivity index (χ0) is 28.9. The van der Waals surface area contributed by atoms with E-state index in [1.807, 2.05) is 60.8 Å². The number of pyridine rings is 2. The minimum absolute atomic E-state index is 0. The van der Waals surface area contributed by atoms with Crippen LogP contribution in [0.25, 0.3) is 33.6 Å². The maximum atomic E-state index is 10.6. The van der Waals surface area contributed by atoms with Crippen LogP contribution in [0.15, 0.2) is 134 Å². The molecule has 0 amide bonds. The summed E-state index contributed by atoms with van der Waals surface area (Å²) in [6.45, 7) is 4.42. The number of phenols is 1. The van der Waals surface area contributed by atoms with E-state index in [-0.39, 0.29) is 26.8 Å². The molecule has 6 rings (SSSR count). The second-order valence-corrected chi connectivity index (χ2v) is 10.7. The van der Waals surface area contributed by atoms with Crippen molar-refractivity contribution >= 4 is 17.2 Å². The molecule has 43 heavy (non-hydrogen) atoms. The van der Waals surface area contributed by atoms with E-state index in [0.29, 0.717) is 11.5 Å². The summed E-state index contributed by atoms with van der Waals surface area (Å²) in [4.78, 5) is 11.9. The zero-order valence-electron chi connectivity index (χ0n) is 24.1. The molecule has 216 valence electrons. The minimum Gasteiger partial charge on any atom is -0.507 e. The molecule has 1 N–H and O–H groups in total. The van der Waals surface area contributed by atoms with Crippen LogP contribution in [0.1, 0.15) is 19.4 Å². The average Bonchev–Trinajstić information content (AvgIpc) is 3.02. The number of hydrogen-bond donors (Lipinski definition) is 1. The number of rotatable bonds is 8. The van der Waals surface area contributed by atoms with Gasteiger partial charge in [-0.2, -0.15) is 0 Å². The molecule has 0 aliphatic rings. The van der Waals surface area contributed by atoms with Crippen molar-refractivity contribution in [3.8, 4) is 39.4 Å². The van der Waals surface area contributed by atoms with Crippen LogP contribution in [0.3, 0.4) is 0 Å². The Kier molecular flexibility index (Phi) is 9.49. The molecule has 0 bridgehead atoms. The van der Waals surface area contributed by atoms with Crippen LogP contribution in [0.4, 0.5) is 17.2 Å². The number of aromatic hydroxyl groups is 1. The fraction of sp³-hybridized carbons (Fsp3) is 0.105. The van der Waals surface area contributed by atoms with E-state index in [1.165, 1.54) is 5.56 Å². The van der Waals surface area contributed by atoms with Gasteiger partial charge in [-0.3, -0.25) is 4.98 Å². The topological polar surface area (TPSA) is 49.2 Å². The Labute approximate surface area is 268 Å². The molecule has 0 saturated heterocycles. The van der Waals surface area contributed by atoms with Gasteiger partial charge in [0.2, 0.25) is 0 Å². The molecule has 0 aliphatic heterocycles. The first kappa shape index (κ1) is 29.9. The van der Waals surface area contributed by atoms with Gasteiger partial charge in [0.25, 0.3) is 0 Å². The van der Waals surface area contributed by atoms with Gasteiger partial charge in [-0.1, -0.05) is 92.2 Å². The van der Waals surface area contributed by atoms with Crippen LogP contribution >= 0.6 is 0 Å². The van der Waals surface area contributed by atoms with E-state index in [2.05, 4.69) is 91.5 Å². The fourth-order valence-corrected chi connectivity index (χ4v) is 5.27. The maximum absolute atomic E-state index is 10.6. The Morgan fingerprint density at radius 3 is 2.16 bits per heavy atom. The summed E-state index contributed by atoms with van der Waals surface area (Å²) in [7, 11) is 0. The van der Waals surface area contributed by atoms with Crippen LogP contribution in [-0.4, -0.2) is 15.1 Å². The van der Waals surface area contributed by atoms with E-state index >= 15 is 0 Å². The predicted octanol–water partition coefficient (Wildman–Crippen LogP) is 9.65. The van der Waals surface area contributed by atoms with Crippen molar-refractivity contribution in [2.75, 3.05) is 4.90 Å². The first-order valence-electron chi connectivity index (χ1n) is 14.2. The van der Waals surface area contributed by atoms with Gasteiger partial charge in [0.1, 0.15) is 11.6 Å². The smallest absolute Gasteiger partial charge is 0.136 e. The van der Waals surface area contributed by atoms with E-state index < -0.39 is 0 Å². The molecule has 4 aromatic carbocycles. The van der Waals surface area contributed by atoms with Crippen molar-refractivity contribution in [2.24, 2.45) is 5.92 Å². The normalized spacial score (nSPS) is 10.8. The Hall–Kier alpha value is -4.53. The number of anilines is 3. The molecule has 0 saturated carbocycles. The third kappa shape index (κ3) is 6.77. The van der Waals surface area contributed by atoms with Crippen molar-refractivity contribution < 1.29 is 26.2 Å². The summed E-state index contributed by atoms with van der Waals surface area (Å²) in [6.07, 6.45) is 2.72. The summed E-state index contributed by atoms with van der Waals surface area (Å²) in [5, 5.41) is 10.6. The molecule has 0 atom stereocenters. The quantitative estimate of drug-likeness (QED) is 0.158. The minimum atomic E-state index is 0. The van der Waals surface area contributed by atoms with E-state index in [9.17, 15) is 5.11 Å². The van der Waals surface area contributed by atoms with Gasteiger partial charge < -0.3 is 10.0 Å². The van der Waals surface area contributed by atoms with Crippen molar-refractivity contribution in [1.29, 1.82) is 0 Å². The number of benzene rings is 4. The Balaban J connectivity index is 0.00000368. The SMILES string of the molecule is CC(C)Cc1cc(-c2[c-]c(N(c3ccccn3)c3ccccc3-c3ccccc3)ccc2)nc(-c2ccccc2O)c1.[Pt]. The second kappa shape index (κ2) is 13.6. The molecular weight excluding hydrogens is 710 g/mol. The number of aromatic nitrogens is 2. The van der Waals surface area contributed by atoms with Crippen LogP contribution in [-0.2, 0) is 27.5 Å². The van der Waals surface area contributed by atoms with Crippen molar-refractivity contribution in [1.82, 2.24) is 9.97 Å². The summed E-state index contributed by atoms with van der Waals surface area (Å²) >= 11 is 0.